The minimum absolute atomic E-state index is 0.468. The van der Waals surface area contributed by atoms with Crippen LogP contribution in [0.5, 0.6) is 0 Å². The molecule has 1 aliphatic carbocycles. The van der Waals surface area contributed by atoms with Crippen LogP contribution in [0.15, 0.2) is 0 Å². The first kappa shape index (κ1) is 7.40. The highest BCUT2D eigenvalue weighted by Crippen LogP contribution is 2.35. The second kappa shape index (κ2) is 2.92. The van der Waals surface area contributed by atoms with Crippen LogP contribution in [0.25, 0.3) is 0 Å². The first-order valence-electron chi connectivity index (χ1n) is 3.88. The summed E-state index contributed by atoms with van der Waals surface area (Å²) in [5.74, 6) is 1.68. The van der Waals surface area contributed by atoms with Gasteiger partial charge in [0, 0.05) is 5.38 Å². The maximum Gasteiger partial charge on any atom is 0.0364 e. The summed E-state index contributed by atoms with van der Waals surface area (Å²) in [5, 5.41) is 0.468. The average molecular weight is 147 g/mol. The van der Waals surface area contributed by atoms with Crippen LogP contribution in [0.2, 0.25) is 0 Å². The molecule has 0 aromatic carbocycles. The van der Waals surface area contributed by atoms with E-state index in [4.69, 9.17) is 11.6 Å². The Morgan fingerprint density at radius 2 is 2.11 bits per heavy atom. The summed E-state index contributed by atoms with van der Waals surface area (Å²) in [4.78, 5) is 0. The van der Waals surface area contributed by atoms with Gasteiger partial charge in [-0.15, -0.1) is 11.6 Å². The largest absolute Gasteiger partial charge is 0.123 e. The van der Waals surface area contributed by atoms with Gasteiger partial charge >= 0.3 is 0 Å². The van der Waals surface area contributed by atoms with Crippen LogP contribution in [-0.2, 0) is 0 Å². The van der Waals surface area contributed by atoms with Gasteiger partial charge in [0.1, 0.15) is 0 Å². The Hall–Kier alpha value is 0.290. The van der Waals surface area contributed by atoms with Crippen molar-refractivity contribution >= 4 is 11.6 Å². The maximum absolute atomic E-state index is 6.04. The molecular weight excluding hydrogens is 132 g/mol. The van der Waals surface area contributed by atoms with Crippen molar-refractivity contribution in [2.24, 2.45) is 11.8 Å². The number of alkyl halides is 1. The van der Waals surface area contributed by atoms with Crippen molar-refractivity contribution in [3.8, 4) is 0 Å². The predicted molar refractivity (Wildman–Crippen MR) is 41.8 cm³/mol. The lowest BCUT2D eigenvalue weighted by Crippen LogP contribution is -1.99. The summed E-state index contributed by atoms with van der Waals surface area (Å²) in [6.07, 6.45) is 3.91. The topological polar surface area (TPSA) is 0 Å². The molecule has 0 aliphatic heterocycles. The second-order valence-corrected chi connectivity index (χ2v) is 3.80. The van der Waals surface area contributed by atoms with Crippen molar-refractivity contribution in [2.75, 3.05) is 0 Å². The van der Waals surface area contributed by atoms with Crippen molar-refractivity contribution in [3.05, 3.63) is 0 Å². The molecule has 0 bridgehead atoms. The quantitative estimate of drug-likeness (QED) is 0.499. The molecule has 3 unspecified atom stereocenters. The van der Waals surface area contributed by atoms with Crippen LogP contribution in [-0.4, -0.2) is 5.38 Å². The lowest BCUT2D eigenvalue weighted by molar-refractivity contribution is 0.501. The SMILES string of the molecule is CCC1CC(C)C(Cl)C1. The van der Waals surface area contributed by atoms with Gasteiger partial charge in [-0.25, -0.2) is 0 Å². The van der Waals surface area contributed by atoms with Gasteiger partial charge in [0.2, 0.25) is 0 Å². The van der Waals surface area contributed by atoms with E-state index in [2.05, 4.69) is 13.8 Å². The summed E-state index contributed by atoms with van der Waals surface area (Å²) >= 11 is 6.04. The molecule has 0 aromatic heterocycles. The molecule has 1 aliphatic rings. The zero-order chi connectivity index (χ0) is 6.85. The average Bonchev–Trinajstić information content (AvgIpc) is 2.13. The van der Waals surface area contributed by atoms with Gasteiger partial charge in [0.15, 0.2) is 0 Å². The Labute approximate surface area is 62.6 Å². The van der Waals surface area contributed by atoms with Gasteiger partial charge in [-0.05, 0) is 24.7 Å². The van der Waals surface area contributed by atoms with Crippen LogP contribution in [0.3, 0.4) is 0 Å². The molecule has 1 saturated carbocycles. The summed E-state index contributed by atoms with van der Waals surface area (Å²) in [6.45, 7) is 4.51. The molecule has 0 N–H and O–H groups in total. The van der Waals surface area contributed by atoms with Crippen molar-refractivity contribution in [2.45, 2.75) is 38.5 Å². The van der Waals surface area contributed by atoms with Gasteiger partial charge in [-0.2, -0.15) is 0 Å². The van der Waals surface area contributed by atoms with E-state index in [9.17, 15) is 0 Å². The third-order valence-corrected chi connectivity index (χ3v) is 3.07. The molecule has 0 radical (unpaired) electrons. The summed E-state index contributed by atoms with van der Waals surface area (Å²) in [6, 6.07) is 0. The fraction of sp³-hybridized carbons (Fsp3) is 1.00. The van der Waals surface area contributed by atoms with Crippen LogP contribution in [0.4, 0.5) is 0 Å². The van der Waals surface area contributed by atoms with E-state index in [0.717, 1.165) is 11.8 Å². The Bertz CT molecular complexity index is 80.6. The Kier molecular flexibility index (Phi) is 2.40. The van der Waals surface area contributed by atoms with Crippen LogP contribution >= 0.6 is 11.6 Å². The monoisotopic (exact) mass is 146 g/mol. The summed E-state index contributed by atoms with van der Waals surface area (Å²) in [5.41, 5.74) is 0. The predicted octanol–water partition coefficient (Wildman–Crippen LogP) is 3.05. The summed E-state index contributed by atoms with van der Waals surface area (Å²) in [7, 11) is 0. The number of hydrogen-bond acceptors (Lipinski definition) is 0. The first-order valence-corrected chi connectivity index (χ1v) is 4.31. The molecule has 0 aromatic rings. The van der Waals surface area contributed by atoms with Gasteiger partial charge in [-0.1, -0.05) is 20.3 Å². The van der Waals surface area contributed by atoms with E-state index in [1.165, 1.54) is 19.3 Å². The highest BCUT2D eigenvalue weighted by atomic mass is 35.5. The molecule has 0 spiro atoms. The Morgan fingerprint density at radius 3 is 2.33 bits per heavy atom. The van der Waals surface area contributed by atoms with Gasteiger partial charge in [0.05, 0.1) is 0 Å². The lowest BCUT2D eigenvalue weighted by Gasteiger charge is -2.02. The molecular formula is C8H15Cl. The van der Waals surface area contributed by atoms with Crippen molar-refractivity contribution in [1.82, 2.24) is 0 Å². The smallest absolute Gasteiger partial charge is 0.0364 e. The highest BCUT2D eigenvalue weighted by Gasteiger charge is 2.27. The fourth-order valence-corrected chi connectivity index (χ4v) is 2.01. The molecule has 0 saturated heterocycles. The Balaban J connectivity index is 2.35. The zero-order valence-electron chi connectivity index (χ0n) is 6.23. The van der Waals surface area contributed by atoms with Crippen LogP contribution in [0.1, 0.15) is 33.1 Å². The Morgan fingerprint density at radius 1 is 1.44 bits per heavy atom. The third-order valence-electron chi connectivity index (χ3n) is 2.46. The summed E-state index contributed by atoms with van der Waals surface area (Å²) < 4.78 is 0. The maximum atomic E-state index is 6.04. The van der Waals surface area contributed by atoms with Crippen molar-refractivity contribution in [1.29, 1.82) is 0 Å². The number of halogens is 1. The van der Waals surface area contributed by atoms with E-state index in [0.29, 0.717) is 5.38 Å². The van der Waals surface area contributed by atoms with E-state index >= 15 is 0 Å². The third kappa shape index (κ3) is 1.61. The number of rotatable bonds is 1. The minimum Gasteiger partial charge on any atom is -0.123 e. The standard InChI is InChI=1S/C8H15Cl/c1-3-7-4-6(2)8(9)5-7/h6-8H,3-5H2,1-2H3. The normalized spacial score (nSPS) is 43.7. The van der Waals surface area contributed by atoms with Gasteiger partial charge in [0.25, 0.3) is 0 Å². The van der Waals surface area contributed by atoms with Crippen LogP contribution in [0, 0.1) is 11.8 Å². The minimum atomic E-state index is 0.468. The van der Waals surface area contributed by atoms with Crippen molar-refractivity contribution < 1.29 is 0 Å². The zero-order valence-corrected chi connectivity index (χ0v) is 6.99. The molecule has 0 heterocycles. The van der Waals surface area contributed by atoms with E-state index in [-0.39, 0.29) is 0 Å². The van der Waals surface area contributed by atoms with E-state index in [1.807, 2.05) is 0 Å². The molecule has 1 rings (SSSR count). The van der Waals surface area contributed by atoms with Gasteiger partial charge < -0.3 is 0 Å². The van der Waals surface area contributed by atoms with Crippen molar-refractivity contribution in [3.63, 3.8) is 0 Å². The second-order valence-electron chi connectivity index (χ2n) is 3.24. The molecule has 1 fully saturated rings. The fourth-order valence-electron chi connectivity index (χ4n) is 1.65. The molecule has 9 heavy (non-hydrogen) atoms. The highest BCUT2D eigenvalue weighted by molar-refractivity contribution is 6.20. The van der Waals surface area contributed by atoms with E-state index < -0.39 is 0 Å². The van der Waals surface area contributed by atoms with E-state index in [1.54, 1.807) is 0 Å². The van der Waals surface area contributed by atoms with Gasteiger partial charge in [-0.3, -0.25) is 0 Å². The molecule has 0 amide bonds. The van der Waals surface area contributed by atoms with Crippen LogP contribution < -0.4 is 0 Å². The molecule has 3 atom stereocenters. The molecule has 0 nitrogen and oxygen atoms in total. The number of hydrogen-bond donors (Lipinski definition) is 0. The molecule has 54 valence electrons. The first-order chi connectivity index (χ1) is 4.24. The molecule has 1 heteroatoms. The lowest BCUT2D eigenvalue weighted by atomic mass is 10.0.